The van der Waals surface area contributed by atoms with Crippen LogP contribution in [0.25, 0.3) is 0 Å². The van der Waals surface area contributed by atoms with Crippen LogP contribution in [0.2, 0.25) is 0 Å². The first-order chi connectivity index (χ1) is 7.34. The lowest BCUT2D eigenvalue weighted by atomic mass is 9.96. The topological polar surface area (TPSA) is 47.3 Å². The Hall–Kier alpha value is -0.710. The summed E-state index contributed by atoms with van der Waals surface area (Å²) in [7, 11) is 0. The molecule has 1 aromatic rings. The van der Waals surface area contributed by atoms with Crippen molar-refractivity contribution >= 4 is 11.8 Å². The average Bonchev–Trinajstić information content (AvgIpc) is 2.29. The maximum absolute atomic E-state index is 5.91. The Morgan fingerprint density at radius 2 is 2.27 bits per heavy atom. The van der Waals surface area contributed by atoms with Gasteiger partial charge in [-0.1, -0.05) is 18.2 Å². The van der Waals surface area contributed by atoms with Crippen LogP contribution in [0.1, 0.15) is 10.8 Å². The van der Waals surface area contributed by atoms with Crippen molar-refractivity contribution in [2.24, 2.45) is 11.7 Å². The molecule has 1 aromatic carbocycles. The van der Waals surface area contributed by atoms with Gasteiger partial charge in [-0.15, -0.1) is 11.8 Å². The Kier molecular flexibility index (Phi) is 2.35. The van der Waals surface area contributed by atoms with E-state index in [9.17, 15) is 0 Å². The van der Waals surface area contributed by atoms with Gasteiger partial charge in [-0.3, -0.25) is 5.32 Å². The molecule has 0 spiro atoms. The highest BCUT2D eigenvalue weighted by Gasteiger charge is 2.35. The van der Waals surface area contributed by atoms with Gasteiger partial charge in [-0.25, -0.2) is 0 Å². The fourth-order valence-electron chi connectivity index (χ4n) is 2.21. The van der Waals surface area contributed by atoms with Gasteiger partial charge >= 0.3 is 0 Å². The van der Waals surface area contributed by atoms with Crippen molar-refractivity contribution in [1.29, 1.82) is 0 Å². The number of para-hydroxylation sites is 1. The zero-order valence-electron chi connectivity index (χ0n) is 8.35. The number of thioether (sulfide) groups is 1. The quantitative estimate of drug-likeness (QED) is 0.695. The van der Waals surface area contributed by atoms with Crippen LogP contribution in [0.15, 0.2) is 24.3 Å². The van der Waals surface area contributed by atoms with Crippen molar-refractivity contribution in [1.82, 2.24) is 5.32 Å². The van der Waals surface area contributed by atoms with Crippen LogP contribution in [-0.4, -0.2) is 18.6 Å². The van der Waals surface area contributed by atoms with Gasteiger partial charge < -0.3 is 10.5 Å². The summed E-state index contributed by atoms with van der Waals surface area (Å²) in [5.41, 5.74) is 7.26. The summed E-state index contributed by atoms with van der Waals surface area (Å²) in [5, 5.41) is 3.76. The highest BCUT2D eigenvalue weighted by Crippen LogP contribution is 2.46. The van der Waals surface area contributed by atoms with Crippen LogP contribution in [0, 0.1) is 5.92 Å². The minimum absolute atomic E-state index is 0.0532. The Labute approximate surface area is 93.4 Å². The first-order valence-corrected chi connectivity index (χ1v) is 6.15. The van der Waals surface area contributed by atoms with Gasteiger partial charge in [0.25, 0.3) is 0 Å². The van der Waals surface area contributed by atoms with Crippen molar-refractivity contribution in [2.45, 2.75) is 10.7 Å². The number of ether oxygens (including phenoxy) is 1. The van der Waals surface area contributed by atoms with Crippen LogP contribution in [-0.2, 0) is 0 Å². The molecule has 3 N–H and O–H groups in total. The molecular formula is C11H14N2OS. The van der Waals surface area contributed by atoms with Gasteiger partial charge in [0.15, 0.2) is 0 Å². The van der Waals surface area contributed by atoms with Crippen LogP contribution in [0.3, 0.4) is 0 Å². The molecule has 0 aromatic heterocycles. The van der Waals surface area contributed by atoms with Crippen LogP contribution in [0.4, 0.5) is 0 Å². The van der Waals surface area contributed by atoms with Crippen molar-refractivity contribution < 1.29 is 4.74 Å². The summed E-state index contributed by atoms with van der Waals surface area (Å²) in [6.07, 6.45) is 0. The number of nitrogens with two attached hydrogens (primary N) is 1. The third kappa shape index (κ3) is 1.62. The molecule has 3 rings (SSSR count). The second kappa shape index (κ2) is 3.70. The molecule has 3 unspecified atom stereocenters. The molecule has 1 fully saturated rings. The van der Waals surface area contributed by atoms with Gasteiger partial charge in [-0.2, -0.15) is 0 Å². The molecule has 1 saturated heterocycles. The fourth-order valence-corrected chi connectivity index (χ4v) is 3.46. The van der Waals surface area contributed by atoms with Gasteiger partial charge in [0.05, 0.1) is 6.61 Å². The van der Waals surface area contributed by atoms with E-state index in [4.69, 9.17) is 10.5 Å². The van der Waals surface area contributed by atoms with Crippen LogP contribution < -0.4 is 15.8 Å². The van der Waals surface area contributed by atoms with E-state index in [0.29, 0.717) is 11.2 Å². The first-order valence-electron chi connectivity index (χ1n) is 5.21. The predicted octanol–water partition coefficient (Wildman–Crippen LogP) is 1.31. The van der Waals surface area contributed by atoms with E-state index in [0.717, 1.165) is 18.9 Å². The first kappa shape index (κ1) is 9.51. The number of rotatable bonds is 0. The minimum atomic E-state index is 0.0532. The van der Waals surface area contributed by atoms with Gasteiger partial charge in [-0.05, 0) is 6.07 Å². The second-order valence-corrected chi connectivity index (χ2v) is 5.28. The lowest BCUT2D eigenvalue weighted by Gasteiger charge is -2.39. The third-order valence-electron chi connectivity index (χ3n) is 2.98. The molecule has 0 aliphatic carbocycles. The second-order valence-electron chi connectivity index (χ2n) is 3.99. The largest absolute Gasteiger partial charge is 0.493 e. The van der Waals surface area contributed by atoms with E-state index in [1.807, 2.05) is 12.1 Å². The van der Waals surface area contributed by atoms with E-state index in [-0.39, 0.29) is 5.50 Å². The molecule has 0 radical (unpaired) electrons. The molecule has 2 aliphatic rings. The minimum Gasteiger partial charge on any atom is -0.493 e. The molecule has 80 valence electrons. The number of hydrogen-bond donors (Lipinski definition) is 2. The summed E-state index contributed by atoms with van der Waals surface area (Å²) < 4.78 is 5.73. The monoisotopic (exact) mass is 222 g/mol. The smallest absolute Gasteiger partial charge is 0.123 e. The number of fused-ring (bicyclic) bond motifs is 3. The van der Waals surface area contributed by atoms with Crippen molar-refractivity contribution in [2.75, 3.05) is 13.2 Å². The molecular weight excluding hydrogens is 208 g/mol. The standard InChI is InChI=1S/C11H14N2OS/c12-11-13-5-7-6-14-9-4-2-1-3-8(9)10(7)15-11/h1-4,7,10-11,13H,5-6,12H2. The normalized spacial score (nSPS) is 33.8. The highest BCUT2D eigenvalue weighted by molar-refractivity contribution is 8.00. The van der Waals surface area contributed by atoms with E-state index in [1.54, 1.807) is 11.8 Å². The summed E-state index contributed by atoms with van der Waals surface area (Å²) in [4.78, 5) is 0. The van der Waals surface area contributed by atoms with Crippen molar-refractivity contribution in [3.05, 3.63) is 29.8 Å². The summed E-state index contributed by atoms with van der Waals surface area (Å²) in [6.45, 7) is 1.75. The Bertz CT molecular complexity index is 371. The lowest BCUT2D eigenvalue weighted by molar-refractivity contribution is 0.209. The van der Waals surface area contributed by atoms with Crippen molar-refractivity contribution in [3.63, 3.8) is 0 Å². The van der Waals surface area contributed by atoms with Crippen LogP contribution in [0.5, 0.6) is 5.75 Å². The Morgan fingerprint density at radius 1 is 1.40 bits per heavy atom. The van der Waals surface area contributed by atoms with Gasteiger partial charge in [0, 0.05) is 23.3 Å². The van der Waals surface area contributed by atoms with Gasteiger partial charge in [0.1, 0.15) is 11.2 Å². The fraction of sp³-hybridized carbons (Fsp3) is 0.455. The van der Waals surface area contributed by atoms with E-state index in [2.05, 4.69) is 17.4 Å². The summed E-state index contributed by atoms with van der Waals surface area (Å²) >= 11 is 1.80. The Morgan fingerprint density at radius 3 is 3.20 bits per heavy atom. The Balaban J connectivity index is 1.96. The lowest BCUT2D eigenvalue weighted by Crippen LogP contribution is -2.47. The molecule has 4 heteroatoms. The third-order valence-corrected chi connectivity index (χ3v) is 4.37. The molecule has 0 amide bonds. The highest BCUT2D eigenvalue weighted by atomic mass is 32.2. The van der Waals surface area contributed by atoms with E-state index in [1.165, 1.54) is 5.56 Å². The molecule has 0 saturated carbocycles. The molecule has 2 aliphatic heterocycles. The molecule has 0 bridgehead atoms. The molecule has 2 heterocycles. The molecule has 3 nitrogen and oxygen atoms in total. The number of nitrogens with one attached hydrogen (secondary N) is 1. The maximum atomic E-state index is 5.91. The maximum Gasteiger partial charge on any atom is 0.123 e. The number of hydrogen-bond acceptors (Lipinski definition) is 4. The van der Waals surface area contributed by atoms with Crippen LogP contribution >= 0.6 is 11.8 Å². The zero-order valence-corrected chi connectivity index (χ0v) is 9.17. The average molecular weight is 222 g/mol. The van der Waals surface area contributed by atoms with Gasteiger partial charge in [0.2, 0.25) is 0 Å². The van der Waals surface area contributed by atoms with E-state index >= 15 is 0 Å². The number of benzene rings is 1. The summed E-state index contributed by atoms with van der Waals surface area (Å²) in [6, 6.07) is 8.28. The van der Waals surface area contributed by atoms with Crippen molar-refractivity contribution in [3.8, 4) is 5.75 Å². The molecule has 15 heavy (non-hydrogen) atoms. The zero-order chi connectivity index (χ0) is 10.3. The molecule has 3 atom stereocenters. The summed E-state index contributed by atoms with van der Waals surface area (Å²) in [5.74, 6) is 1.57. The van der Waals surface area contributed by atoms with E-state index < -0.39 is 0 Å². The SMILES string of the molecule is NC1NCC2COc3ccccc3C2S1. The predicted molar refractivity (Wildman–Crippen MR) is 61.7 cm³/mol.